The number of carbonyl (C=O) groups is 1. The van der Waals surface area contributed by atoms with Crippen LogP contribution in [0.2, 0.25) is 10.0 Å². The molecule has 1 amide bonds. The monoisotopic (exact) mass is 516 g/mol. The van der Waals surface area contributed by atoms with Crippen LogP contribution in [0.25, 0.3) is 10.9 Å². The van der Waals surface area contributed by atoms with Crippen LogP contribution in [0.4, 0.5) is 15.9 Å². The average molecular weight is 517 g/mol. The Morgan fingerprint density at radius 3 is 2.83 bits per heavy atom. The number of amides is 1. The van der Waals surface area contributed by atoms with Gasteiger partial charge in [-0.2, -0.15) is 0 Å². The number of methoxy groups -OCH3 is 1. The Labute approximate surface area is 211 Å². The fourth-order valence-corrected chi connectivity index (χ4v) is 5.32. The molecule has 7 nitrogen and oxygen atoms in total. The van der Waals surface area contributed by atoms with Gasteiger partial charge < -0.3 is 19.7 Å². The van der Waals surface area contributed by atoms with Crippen molar-refractivity contribution >= 4 is 51.5 Å². The predicted molar refractivity (Wildman–Crippen MR) is 133 cm³/mol. The number of aromatic nitrogens is 2. The maximum absolute atomic E-state index is 14.6. The second-order valence-corrected chi connectivity index (χ2v) is 9.54. The lowest BCUT2D eigenvalue weighted by molar-refractivity contribution is -0.127. The van der Waals surface area contributed by atoms with E-state index in [2.05, 4.69) is 21.9 Å². The highest BCUT2D eigenvalue weighted by Crippen LogP contribution is 2.41. The number of nitrogens with zero attached hydrogens (tertiary/aromatic N) is 3. The summed E-state index contributed by atoms with van der Waals surface area (Å²) in [6.07, 6.45) is 5.20. The van der Waals surface area contributed by atoms with Gasteiger partial charge in [-0.05, 0) is 43.0 Å². The number of anilines is 2. The number of rotatable bonds is 6. The third-order valence-corrected chi connectivity index (χ3v) is 7.37. The highest BCUT2D eigenvalue weighted by Gasteiger charge is 2.42. The molecular formula is C25H23Cl2FN4O3. The zero-order valence-corrected chi connectivity index (χ0v) is 20.4. The second-order valence-electron chi connectivity index (χ2n) is 8.75. The van der Waals surface area contributed by atoms with Crippen molar-refractivity contribution in [3.8, 4) is 11.5 Å². The van der Waals surface area contributed by atoms with E-state index in [4.69, 9.17) is 32.7 Å². The Hall–Kier alpha value is -3.10. The van der Waals surface area contributed by atoms with Crippen LogP contribution in [-0.2, 0) is 4.79 Å². The van der Waals surface area contributed by atoms with Gasteiger partial charge in [-0.3, -0.25) is 4.79 Å². The fourth-order valence-electron chi connectivity index (χ4n) is 5.01. The molecule has 3 aromatic rings. The van der Waals surface area contributed by atoms with Gasteiger partial charge in [0.2, 0.25) is 5.91 Å². The first kappa shape index (κ1) is 23.6. The minimum Gasteiger partial charge on any atom is -0.493 e. The van der Waals surface area contributed by atoms with Gasteiger partial charge in [0.05, 0.1) is 28.4 Å². The molecule has 2 fully saturated rings. The summed E-state index contributed by atoms with van der Waals surface area (Å²) < 4.78 is 26.6. The maximum atomic E-state index is 14.6. The van der Waals surface area contributed by atoms with Gasteiger partial charge in [0.25, 0.3) is 0 Å². The van der Waals surface area contributed by atoms with E-state index in [1.165, 1.54) is 24.5 Å². The lowest BCUT2D eigenvalue weighted by Gasteiger charge is -2.30. The Kier molecular flexibility index (Phi) is 6.42. The summed E-state index contributed by atoms with van der Waals surface area (Å²) in [5.74, 6) is 1.11. The Morgan fingerprint density at radius 2 is 2.06 bits per heavy atom. The standard InChI is InChI=1S/C25H23Cl2FN4O3/c1-3-22(33)32-11-13-6-14(32)8-15(7-13)35-21-9-16-19(10-20(21)34-2)29-12-30-25(16)31-18-5-4-17(26)23(27)24(18)28/h3-5,9-10,12-15H,1,6-8,11H2,2H3,(H,29,30,31)/t13?,14?,15-/m1/s1. The third kappa shape index (κ3) is 4.48. The van der Waals surface area contributed by atoms with Crippen LogP contribution in [0.3, 0.4) is 0 Å². The van der Waals surface area contributed by atoms with E-state index in [1.54, 1.807) is 19.2 Å². The summed E-state index contributed by atoms with van der Waals surface area (Å²) in [7, 11) is 1.56. The molecule has 35 heavy (non-hydrogen) atoms. The molecule has 1 aromatic heterocycles. The zero-order chi connectivity index (χ0) is 24.7. The summed E-state index contributed by atoms with van der Waals surface area (Å²) in [5.41, 5.74) is 0.729. The Balaban J connectivity index is 1.45. The Bertz CT molecular complexity index is 1320. The predicted octanol–water partition coefficient (Wildman–Crippen LogP) is 5.77. The summed E-state index contributed by atoms with van der Waals surface area (Å²) in [6.45, 7) is 4.34. The van der Waals surface area contributed by atoms with E-state index in [1.807, 2.05) is 4.90 Å². The molecule has 182 valence electrons. The fraction of sp³-hybridized carbons (Fsp3) is 0.320. The average Bonchev–Trinajstić information content (AvgIpc) is 3.17. The van der Waals surface area contributed by atoms with Gasteiger partial charge in [0.1, 0.15) is 18.2 Å². The van der Waals surface area contributed by atoms with Crippen molar-refractivity contribution in [1.82, 2.24) is 14.9 Å². The van der Waals surface area contributed by atoms with Crippen LogP contribution in [-0.4, -0.2) is 46.6 Å². The van der Waals surface area contributed by atoms with Gasteiger partial charge in [-0.25, -0.2) is 14.4 Å². The molecule has 1 saturated carbocycles. The summed E-state index contributed by atoms with van der Waals surface area (Å²) in [6, 6.07) is 6.68. The molecule has 10 heteroatoms. The van der Waals surface area contributed by atoms with E-state index in [-0.39, 0.29) is 33.8 Å². The first-order chi connectivity index (χ1) is 16.9. The quantitative estimate of drug-likeness (QED) is 0.331. The number of likely N-dealkylation sites (tertiary alicyclic amines) is 1. The van der Waals surface area contributed by atoms with Crippen LogP contribution in [0.15, 0.2) is 43.2 Å². The van der Waals surface area contributed by atoms with Crippen molar-refractivity contribution in [2.45, 2.75) is 31.4 Å². The lowest BCUT2D eigenvalue weighted by atomic mass is 9.88. The lowest BCUT2D eigenvalue weighted by Crippen LogP contribution is -2.37. The molecule has 2 bridgehead atoms. The van der Waals surface area contributed by atoms with Crippen LogP contribution >= 0.6 is 23.2 Å². The number of carbonyl (C=O) groups excluding carboxylic acids is 1. The minimum absolute atomic E-state index is 0.0381. The van der Waals surface area contributed by atoms with Crippen molar-refractivity contribution in [1.29, 1.82) is 0 Å². The van der Waals surface area contributed by atoms with Crippen molar-refractivity contribution < 1.29 is 18.7 Å². The summed E-state index contributed by atoms with van der Waals surface area (Å²) >= 11 is 11.9. The molecule has 2 aliphatic rings. The van der Waals surface area contributed by atoms with E-state index >= 15 is 0 Å². The van der Waals surface area contributed by atoms with Crippen molar-refractivity contribution in [2.75, 3.05) is 19.0 Å². The third-order valence-electron chi connectivity index (χ3n) is 6.59. The first-order valence-electron chi connectivity index (χ1n) is 11.2. The number of fused-ring (bicyclic) bond motifs is 3. The van der Waals surface area contributed by atoms with Crippen LogP contribution < -0.4 is 14.8 Å². The summed E-state index contributed by atoms with van der Waals surface area (Å²) in [4.78, 5) is 22.7. The number of ether oxygens (including phenoxy) is 2. The van der Waals surface area contributed by atoms with Crippen LogP contribution in [0.5, 0.6) is 11.5 Å². The maximum Gasteiger partial charge on any atom is 0.246 e. The molecule has 2 unspecified atom stereocenters. The van der Waals surface area contributed by atoms with E-state index in [0.717, 1.165) is 25.8 Å². The molecule has 1 saturated heterocycles. The van der Waals surface area contributed by atoms with Gasteiger partial charge in [-0.15, -0.1) is 0 Å². The van der Waals surface area contributed by atoms with E-state index in [9.17, 15) is 9.18 Å². The topological polar surface area (TPSA) is 76.6 Å². The van der Waals surface area contributed by atoms with Gasteiger partial charge >= 0.3 is 0 Å². The van der Waals surface area contributed by atoms with Gasteiger partial charge in [0.15, 0.2) is 17.3 Å². The number of halogens is 3. The van der Waals surface area contributed by atoms with Gasteiger partial charge in [-0.1, -0.05) is 29.8 Å². The first-order valence-corrected chi connectivity index (χ1v) is 12.0. The normalized spacial score (nSPS) is 21.1. The molecule has 3 atom stereocenters. The van der Waals surface area contributed by atoms with Crippen LogP contribution in [0.1, 0.15) is 19.3 Å². The molecule has 1 aliphatic carbocycles. The highest BCUT2D eigenvalue weighted by molar-refractivity contribution is 6.42. The van der Waals surface area contributed by atoms with E-state index in [0.29, 0.717) is 34.1 Å². The number of nitrogens with one attached hydrogen (secondary N) is 1. The largest absolute Gasteiger partial charge is 0.493 e. The molecule has 0 radical (unpaired) electrons. The van der Waals surface area contributed by atoms with Crippen molar-refractivity contribution in [3.05, 3.63) is 59.1 Å². The van der Waals surface area contributed by atoms with Crippen molar-refractivity contribution in [2.24, 2.45) is 5.92 Å². The number of hydrogen-bond acceptors (Lipinski definition) is 6. The summed E-state index contributed by atoms with van der Waals surface area (Å²) in [5, 5.41) is 3.56. The van der Waals surface area contributed by atoms with Crippen LogP contribution in [0, 0.1) is 11.7 Å². The Morgan fingerprint density at radius 1 is 1.23 bits per heavy atom. The number of benzene rings is 2. The molecule has 2 heterocycles. The molecular weight excluding hydrogens is 494 g/mol. The second kappa shape index (κ2) is 9.51. The van der Waals surface area contributed by atoms with Gasteiger partial charge in [0, 0.05) is 30.5 Å². The molecule has 1 aliphatic heterocycles. The van der Waals surface area contributed by atoms with Crippen molar-refractivity contribution in [3.63, 3.8) is 0 Å². The van der Waals surface area contributed by atoms with E-state index < -0.39 is 5.82 Å². The molecule has 1 N–H and O–H groups in total. The highest BCUT2D eigenvalue weighted by atomic mass is 35.5. The molecule has 0 spiro atoms. The number of hydrogen-bond donors (Lipinski definition) is 1. The molecule has 2 aromatic carbocycles. The zero-order valence-electron chi connectivity index (χ0n) is 18.9. The minimum atomic E-state index is -0.674. The molecule has 5 rings (SSSR count). The smallest absolute Gasteiger partial charge is 0.246 e. The SMILES string of the molecule is C=CC(=O)N1CC2CC1C[C@H](Oc1cc3c(Nc4ccc(Cl)c(Cl)c4F)ncnc3cc1OC)C2.